The maximum absolute atomic E-state index is 13.3. The van der Waals surface area contributed by atoms with Crippen molar-refractivity contribution in [2.24, 2.45) is 5.92 Å². The number of fused-ring (bicyclic) bond motifs is 1. The molecule has 180 valence electrons. The van der Waals surface area contributed by atoms with E-state index in [9.17, 15) is 4.79 Å². The second-order valence-corrected chi connectivity index (χ2v) is 9.14. The predicted molar refractivity (Wildman–Crippen MR) is 135 cm³/mol. The first-order valence-corrected chi connectivity index (χ1v) is 12.1. The fourth-order valence-electron chi connectivity index (χ4n) is 4.51. The van der Waals surface area contributed by atoms with Gasteiger partial charge in [0.2, 0.25) is 0 Å². The predicted octanol–water partition coefficient (Wildman–Crippen LogP) is 4.95. The molecule has 7 heteroatoms. The first-order chi connectivity index (χ1) is 16.5. The summed E-state index contributed by atoms with van der Waals surface area (Å²) in [5, 5.41) is 8.11. The second-order valence-electron chi connectivity index (χ2n) is 9.14. The van der Waals surface area contributed by atoms with Crippen molar-refractivity contribution in [3.63, 3.8) is 0 Å². The Bertz CT molecular complexity index is 1110. The van der Waals surface area contributed by atoms with Crippen LogP contribution >= 0.6 is 0 Å². The van der Waals surface area contributed by atoms with Gasteiger partial charge < -0.3 is 15.0 Å². The van der Waals surface area contributed by atoms with Crippen molar-refractivity contribution in [2.75, 3.05) is 32.1 Å². The number of ether oxygens (including phenoxy) is 1. The van der Waals surface area contributed by atoms with E-state index < -0.39 is 0 Å². The van der Waals surface area contributed by atoms with Crippen LogP contribution in [0.3, 0.4) is 0 Å². The molecule has 34 heavy (non-hydrogen) atoms. The van der Waals surface area contributed by atoms with Gasteiger partial charge in [-0.25, -0.2) is 9.48 Å². The van der Waals surface area contributed by atoms with Crippen LogP contribution in [-0.4, -0.2) is 52.4 Å². The van der Waals surface area contributed by atoms with Crippen LogP contribution in [0.1, 0.15) is 37.7 Å². The fraction of sp³-hybridized carbons (Fsp3) is 0.407. The molecule has 0 fully saturated rings. The number of nitrogens with zero attached hydrogens (tertiary/aromatic N) is 4. The highest BCUT2D eigenvalue weighted by Gasteiger charge is 2.28. The lowest BCUT2D eigenvalue weighted by Crippen LogP contribution is -2.38. The Morgan fingerprint density at radius 2 is 1.88 bits per heavy atom. The van der Waals surface area contributed by atoms with Crippen LogP contribution in [0.4, 0.5) is 10.5 Å². The number of carbonyl (C=O) groups is 1. The minimum absolute atomic E-state index is 0.108. The Balaban J connectivity index is 1.70. The van der Waals surface area contributed by atoms with Gasteiger partial charge in [-0.3, -0.25) is 4.90 Å². The Morgan fingerprint density at radius 3 is 2.59 bits per heavy atom. The summed E-state index contributed by atoms with van der Waals surface area (Å²) in [6, 6.07) is 17.5. The summed E-state index contributed by atoms with van der Waals surface area (Å²) in [6.45, 7) is 10.4. The van der Waals surface area contributed by atoms with Crippen LogP contribution in [-0.2, 0) is 19.5 Å². The number of rotatable bonds is 8. The molecule has 0 atom stereocenters. The molecule has 7 nitrogen and oxygen atoms in total. The van der Waals surface area contributed by atoms with Gasteiger partial charge in [-0.2, -0.15) is 5.10 Å². The smallest absolute Gasteiger partial charge is 0.322 e. The number of amides is 2. The molecule has 1 aliphatic heterocycles. The van der Waals surface area contributed by atoms with E-state index in [1.54, 1.807) is 7.11 Å². The maximum Gasteiger partial charge on any atom is 0.322 e. The van der Waals surface area contributed by atoms with Crippen LogP contribution in [0.25, 0.3) is 5.69 Å². The lowest BCUT2D eigenvalue weighted by atomic mass is 10.0. The summed E-state index contributed by atoms with van der Waals surface area (Å²) in [6.07, 6.45) is 0.911. The van der Waals surface area contributed by atoms with E-state index >= 15 is 0 Å². The summed E-state index contributed by atoms with van der Waals surface area (Å²) in [5.41, 5.74) is 5.10. The van der Waals surface area contributed by atoms with E-state index in [1.807, 2.05) is 64.2 Å². The number of hydrogen-bond donors (Lipinski definition) is 1. The molecule has 3 aromatic rings. The Hall–Kier alpha value is -3.32. The number of carbonyl (C=O) groups excluding carboxylic acids is 1. The Morgan fingerprint density at radius 1 is 1.15 bits per heavy atom. The average molecular weight is 462 g/mol. The monoisotopic (exact) mass is 461 g/mol. The molecule has 2 aromatic carbocycles. The van der Waals surface area contributed by atoms with Gasteiger partial charge in [0.25, 0.3) is 0 Å². The van der Waals surface area contributed by atoms with Crippen molar-refractivity contribution in [3.05, 3.63) is 71.5 Å². The number of hydrogen-bond acceptors (Lipinski definition) is 4. The molecule has 0 bridgehead atoms. The molecular formula is C27H35N5O2. The highest BCUT2D eigenvalue weighted by atomic mass is 16.5. The van der Waals surface area contributed by atoms with Crippen LogP contribution in [0.5, 0.6) is 5.75 Å². The maximum atomic E-state index is 13.3. The van der Waals surface area contributed by atoms with Crippen molar-refractivity contribution in [3.8, 4) is 11.4 Å². The number of para-hydroxylation sites is 3. The van der Waals surface area contributed by atoms with E-state index in [2.05, 4.69) is 31.0 Å². The van der Waals surface area contributed by atoms with Crippen molar-refractivity contribution in [1.29, 1.82) is 0 Å². The van der Waals surface area contributed by atoms with Crippen LogP contribution in [0, 0.1) is 5.92 Å². The third kappa shape index (κ3) is 5.25. The second kappa shape index (κ2) is 10.7. The average Bonchev–Trinajstić information content (AvgIpc) is 3.21. The number of methoxy groups -OCH3 is 1. The lowest BCUT2D eigenvalue weighted by Gasteiger charge is -2.28. The van der Waals surface area contributed by atoms with E-state index in [0.29, 0.717) is 19.0 Å². The zero-order chi connectivity index (χ0) is 24.1. The van der Waals surface area contributed by atoms with Gasteiger partial charge in [0.1, 0.15) is 11.4 Å². The summed E-state index contributed by atoms with van der Waals surface area (Å²) in [7, 11) is 1.69. The lowest BCUT2D eigenvalue weighted by molar-refractivity contribution is 0.200. The van der Waals surface area contributed by atoms with Crippen LogP contribution in [0.2, 0.25) is 0 Å². The molecular weight excluding hydrogens is 426 g/mol. The molecule has 0 radical (unpaired) electrons. The number of benzene rings is 2. The standard InChI is InChI=1S/C27H35N5O2/c1-5-30-16-15-24-22(18-30)23(29-32(24)25-13-9-10-14-26(25)34-4)19-31(17-20(2)3)27(33)28-21-11-7-6-8-12-21/h6-14,20H,5,15-19H2,1-4H3,(H,28,33). The SMILES string of the molecule is CCN1CCc2c(c(CN(CC(C)C)C(=O)Nc3ccccc3)nn2-c2ccccc2OC)C1. The molecule has 0 saturated carbocycles. The highest BCUT2D eigenvalue weighted by Crippen LogP contribution is 2.30. The molecule has 1 N–H and O–H groups in total. The van der Waals surface area contributed by atoms with Gasteiger partial charge in [0.05, 0.1) is 25.0 Å². The Labute approximate surface area is 202 Å². The molecule has 2 heterocycles. The molecule has 0 saturated heterocycles. The summed E-state index contributed by atoms with van der Waals surface area (Å²) >= 11 is 0. The molecule has 0 aliphatic carbocycles. The number of anilines is 1. The third-order valence-electron chi connectivity index (χ3n) is 6.22. The minimum atomic E-state index is -0.108. The minimum Gasteiger partial charge on any atom is -0.494 e. The van der Waals surface area contributed by atoms with Crippen molar-refractivity contribution in [2.45, 2.75) is 40.3 Å². The quantitative estimate of drug-likeness (QED) is 0.516. The first-order valence-electron chi connectivity index (χ1n) is 12.1. The number of likely N-dealkylation sites (N-methyl/N-ethyl adjacent to an activating group) is 1. The van der Waals surface area contributed by atoms with Gasteiger partial charge in [-0.15, -0.1) is 0 Å². The van der Waals surface area contributed by atoms with E-state index in [4.69, 9.17) is 9.84 Å². The summed E-state index contributed by atoms with van der Waals surface area (Å²) in [5.74, 6) is 1.12. The Kier molecular flexibility index (Phi) is 7.53. The van der Waals surface area contributed by atoms with Crippen LogP contribution in [0.15, 0.2) is 54.6 Å². The molecule has 2 amide bonds. The van der Waals surface area contributed by atoms with Crippen LogP contribution < -0.4 is 10.1 Å². The zero-order valence-corrected chi connectivity index (χ0v) is 20.6. The zero-order valence-electron chi connectivity index (χ0n) is 20.6. The molecule has 0 unspecified atom stereocenters. The van der Waals surface area contributed by atoms with Crippen molar-refractivity contribution < 1.29 is 9.53 Å². The van der Waals surface area contributed by atoms with Gasteiger partial charge in [0, 0.05) is 37.3 Å². The van der Waals surface area contributed by atoms with E-state index in [1.165, 1.54) is 11.3 Å². The molecule has 1 aromatic heterocycles. The number of urea groups is 1. The normalized spacial score (nSPS) is 13.6. The fourth-order valence-corrected chi connectivity index (χ4v) is 4.51. The summed E-state index contributed by atoms with van der Waals surface area (Å²) in [4.78, 5) is 17.6. The van der Waals surface area contributed by atoms with Crippen molar-refractivity contribution >= 4 is 11.7 Å². The molecule has 4 rings (SSSR count). The largest absolute Gasteiger partial charge is 0.494 e. The highest BCUT2D eigenvalue weighted by molar-refractivity contribution is 5.89. The van der Waals surface area contributed by atoms with Gasteiger partial charge in [-0.1, -0.05) is 51.1 Å². The van der Waals surface area contributed by atoms with Gasteiger partial charge >= 0.3 is 6.03 Å². The third-order valence-corrected chi connectivity index (χ3v) is 6.22. The van der Waals surface area contributed by atoms with E-state index in [0.717, 1.165) is 48.9 Å². The molecule has 0 spiro atoms. The summed E-state index contributed by atoms with van der Waals surface area (Å²) < 4.78 is 7.66. The number of nitrogens with one attached hydrogen (secondary N) is 1. The van der Waals surface area contributed by atoms with Crippen molar-refractivity contribution in [1.82, 2.24) is 19.6 Å². The van der Waals surface area contributed by atoms with E-state index in [-0.39, 0.29) is 6.03 Å². The van der Waals surface area contributed by atoms with Gasteiger partial charge in [0.15, 0.2) is 0 Å². The first kappa shape index (κ1) is 23.8. The molecule has 1 aliphatic rings. The topological polar surface area (TPSA) is 62.6 Å². The van der Waals surface area contributed by atoms with Gasteiger partial charge in [-0.05, 0) is 36.7 Å². The number of aromatic nitrogens is 2.